The predicted molar refractivity (Wildman–Crippen MR) is 131 cm³/mol. The zero-order chi connectivity index (χ0) is 22.9. The van der Waals surface area contributed by atoms with Crippen molar-refractivity contribution in [2.75, 3.05) is 13.1 Å². The summed E-state index contributed by atoms with van der Waals surface area (Å²) in [5.74, 6) is -0.0855. The molecule has 0 aliphatic heterocycles. The molecule has 5 heteroatoms. The summed E-state index contributed by atoms with van der Waals surface area (Å²) in [6, 6.07) is 28.9. The van der Waals surface area contributed by atoms with Crippen LogP contribution in [0.4, 0.5) is 0 Å². The minimum absolute atomic E-state index is 0.0472. The first-order valence-corrected chi connectivity index (χ1v) is 11.2. The number of carbonyl (C=O) groups excluding carboxylic acids is 2. The molecule has 1 unspecified atom stereocenters. The Hall–Kier alpha value is -3.83. The molecule has 0 saturated heterocycles. The fourth-order valence-corrected chi connectivity index (χ4v) is 3.88. The maximum atomic E-state index is 12.8. The lowest BCUT2D eigenvalue weighted by molar-refractivity contribution is 0.0948. The molecule has 0 bridgehead atoms. The van der Waals surface area contributed by atoms with E-state index in [2.05, 4.69) is 27.8 Å². The van der Waals surface area contributed by atoms with E-state index in [1.165, 1.54) is 5.56 Å². The first kappa shape index (κ1) is 22.4. The number of pyridine rings is 1. The Morgan fingerprint density at radius 2 is 1.55 bits per heavy atom. The lowest BCUT2D eigenvalue weighted by Crippen LogP contribution is -2.38. The van der Waals surface area contributed by atoms with E-state index in [0.29, 0.717) is 29.6 Å². The topological polar surface area (TPSA) is 71.1 Å². The van der Waals surface area contributed by atoms with E-state index in [0.717, 1.165) is 11.8 Å². The number of para-hydroxylation sites is 1. The maximum Gasteiger partial charge on any atom is 0.253 e. The molecule has 0 saturated carbocycles. The molecule has 1 atom stereocenters. The molecule has 0 fully saturated rings. The van der Waals surface area contributed by atoms with E-state index >= 15 is 0 Å². The predicted octanol–water partition coefficient (Wildman–Crippen LogP) is 4.44. The Morgan fingerprint density at radius 1 is 0.818 bits per heavy atom. The highest BCUT2D eigenvalue weighted by molar-refractivity contribution is 6.05. The van der Waals surface area contributed by atoms with Crippen LogP contribution in [0.15, 0.2) is 97.2 Å². The number of rotatable bonds is 10. The third kappa shape index (κ3) is 6.11. The van der Waals surface area contributed by atoms with Crippen molar-refractivity contribution in [3.8, 4) is 0 Å². The number of hydrogen-bond acceptors (Lipinski definition) is 4. The molecule has 3 aromatic carbocycles. The van der Waals surface area contributed by atoms with Crippen LogP contribution in [0, 0.1) is 0 Å². The minimum Gasteiger partial charge on any atom is -0.352 e. The molecular weight excluding hydrogens is 410 g/mol. The molecule has 2 N–H and O–H groups in total. The van der Waals surface area contributed by atoms with Crippen molar-refractivity contribution in [1.82, 2.24) is 15.6 Å². The number of ketones is 1. The van der Waals surface area contributed by atoms with Gasteiger partial charge in [0.15, 0.2) is 5.78 Å². The van der Waals surface area contributed by atoms with E-state index in [9.17, 15) is 9.59 Å². The van der Waals surface area contributed by atoms with Crippen LogP contribution in [-0.4, -0.2) is 35.8 Å². The highest BCUT2D eigenvalue weighted by atomic mass is 16.1. The molecule has 0 spiro atoms. The third-order valence-electron chi connectivity index (χ3n) is 5.63. The van der Waals surface area contributed by atoms with Gasteiger partial charge >= 0.3 is 0 Å². The second-order valence-corrected chi connectivity index (χ2v) is 7.98. The fourth-order valence-electron chi connectivity index (χ4n) is 3.88. The molecule has 166 valence electrons. The zero-order valence-electron chi connectivity index (χ0n) is 18.4. The van der Waals surface area contributed by atoms with Crippen LogP contribution < -0.4 is 10.6 Å². The minimum atomic E-state index is -0.141. The van der Waals surface area contributed by atoms with Gasteiger partial charge in [0.05, 0.1) is 17.6 Å². The van der Waals surface area contributed by atoms with Crippen molar-refractivity contribution >= 4 is 22.6 Å². The Labute approximate surface area is 193 Å². The molecule has 5 nitrogen and oxygen atoms in total. The van der Waals surface area contributed by atoms with Gasteiger partial charge in [0, 0.05) is 29.7 Å². The van der Waals surface area contributed by atoms with Crippen molar-refractivity contribution in [2.24, 2.45) is 0 Å². The highest BCUT2D eigenvalue weighted by Gasteiger charge is 2.15. The number of benzene rings is 3. The Bertz CT molecular complexity index is 1200. The summed E-state index contributed by atoms with van der Waals surface area (Å²) in [7, 11) is 0. The van der Waals surface area contributed by atoms with Gasteiger partial charge in [-0.15, -0.1) is 0 Å². The zero-order valence-corrected chi connectivity index (χ0v) is 18.4. The van der Waals surface area contributed by atoms with Gasteiger partial charge < -0.3 is 10.6 Å². The van der Waals surface area contributed by atoms with E-state index in [1.54, 1.807) is 12.3 Å². The van der Waals surface area contributed by atoms with Crippen LogP contribution in [0.5, 0.6) is 0 Å². The largest absolute Gasteiger partial charge is 0.352 e. The lowest BCUT2D eigenvalue weighted by Gasteiger charge is -2.19. The van der Waals surface area contributed by atoms with Crippen LogP contribution in [0.3, 0.4) is 0 Å². The van der Waals surface area contributed by atoms with Gasteiger partial charge in [0.2, 0.25) is 0 Å². The lowest BCUT2D eigenvalue weighted by atomic mass is 10.0. The van der Waals surface area contributed by atoms with Crippen molar-refractivity contribution in [3.05, 3.63) is 114 Å². The monoisotopic (exact) mass is 437 g/mol. The number of hydrogen-bond donors (Lipinski definition) is 2. The highest BCUT2D eigenvalue weighted by Crippen LogP contribution is 2.16. The average molecular weight is 438 g/mol. The second-order valence-electron chi connectivity index (χ2n) is 7.98. The van der Waals surface area contributed by atoms with Gasteiger partial charge in [0.25, 0.3) is 5.91 Å². The van der Waals surface area contributed by atoms with Crippen LogP contribution in [-0.2, 0) is 6.42 Å². The molecular formula is C28H27N3O2. The van der Waals surface area contributed by atoms with Crippen LogP contribution >= 0.6 is 0 Å². The van der Waals surface area contributed by atoms with Crippen molar-refractivity contribution in [1.29, 1.82) is 0 Å². The van der Waals surface area contributed by atoms with Crippen LogP contribution in [0.2, 0.25) is 0 Å². The van der Waals surface area contributed by atoms with Crippen molar-refractivity contribution in [2.45, 2.75) is 18.9 Å². The summed E-state index contributed by atoms with van der Waals surface area (Å²) in [6.07, 6.45) is 3.16. The molecule has 1 aromatic heterocycles. The summed E-state index contributed by atoms with van der Waals surface area (Å²) < 4.78 is 0. The Kier molecular flexibility index (Phi) is 7.56. The van der Waals surface area contributed by atoms with E-state index in [1.807, 2.05) is 72.8 Å². The molecule has 0 aliphatic carbocycles. The summed E-state index contributed by atoms with van der Waals surface area (Å²) in [5.41, 5.74) is 3.15. The van der Waals surface area contributed by atoms with E-state index in [4.69, 9.17) is 0 Å². The standard InChI is InChI=1S/C28H27N3O2/c32-26(22-11-5-2-6-12-22)20-31-24(19-21-9-3-1-4-10-21)16-18-30-28(33)25-15-7-13-23-14-8-17-29-27(23)25/h1-15,17,24,31H,16,18-20H2,(H,30,33). The SMILES string of the molecule is O=C(CNC(CCNC(=O)c1cccc2cccnc12)Cc1ccccc1)c1ccccc1. The van der Waals surface area contributed by atoms with Gasteiger partial charge in [-0.1, -0.05) is 78.9 Å². The molecule has 33 heavy (non-hydrogen) atoms. The number of fused-ring (bicyclic) bond motifs is 1. The normalized spacial score (nSPS) is 11.8. The van der Waals surface area contributed by atoms with Crippen LogP contribution in [0.1, 0.15) is 32.7 Å². The van der Waals surface area contributed by atoms with Gasteiger partial charge in [-0.3, -0.25) is 14.6 Å². The Morgan fingerprint density at radius 3 is 2.33 bits per heavy atom. The maximum absolute atomic E-state index is 12.8. The molecule has 4 rings (SSSR count). The number of nitrogens with one attached hydrogen (secondary N) is 2. The number of aromatic nitrogens is 1. The number of amides is 1. The molecule has 0 aliphatic rings. The van der Waals surface area contributed by atoms with Crippen LogP contribution in [0.25, 0.3) is 10.9 Å². The molecule has 0 radical (unpaired) electrons. The first-order chi connectivity index (χ1) is 16.2. The number of carbonyl (C=O) groups is 2. The number of nitrogens with zero attached hydrogens (tertiary/aromatic N) is 1. The number of Topliss-reactive ketones (excluding diaryl/α,β-unsaturated/α-hetero) is 1. The van der Waals surface area contributed by atoms with E-state index < -0.39 is 0 Å². The smallest absolute Gasteiger partial charge is 0.253 e. The molecule has 1 amide bonds. The molecule has 4 aromatic rings. The van der Waals surface area contributed by atoms with Crippen molar-refractivity contribution < 1.29 is 9.59 Å². The van der Waals surface area contributed by atoms with Gasteiger partial charge in [-0.2, -0.15) is 0 Å². The van der Waals surface area contributed by atoms with Gasteiger partial charge in [-0.05, 0) is 30.5 Å². The summed E-state index contributed by atoms with van der Waals surface area (Å²) in [5, 5.41) is 7.36. The first-order valence-electron chi connectivity index (χ1n) is 11.2. The summed E-state index contributed by atoms with van der Waals surface area (Å²) in [6.45, 7) is 0.745. The Balaban J connectivity index is 1.38. The molecule has 1 heterocycles. The summed E-state index contributed by atoms with van der Waals surface area (Å²) in [4.78, 5) is 29.7. The second kappa shape index (κ2) is 11.2. The summed E-state index contributed by atoms with van der Waals surface area (Å²) >= 11 is 0. The van der Waals surface area contributed by atoms with Gasteiger partial charge in [-0.25, -0.2) is 0 Å². The quantitative estimate of drug-likeness (QED) is 0.360. The van der Waals surface area contributed by atoms with Gasteiger partial charge in [0.1, 0.15) is 0 Å². The van der Waals surface area contributed by atoms with E-state index in [-0.39, 0.29) is 24.3 Å². The average Bonchev–Trinajstić information content (AvgIpc) is 2.87. The fraction of sp³-hybridized carbons (Fsp3) is 0.179. The third-order valence-corrected chi connectivity index (χ3v) is 5.63. The van der Waals surface area contributed by atoms with Crippen molar-refractivity contribution in [3.63, 3.8) is 0 Å².